The number of anilines is 1. The van der Waals surface area contributed by atoms with Crippen molar-refractivity contribution < 1.29 is 61.4 Å². The highest BCUT2D eigenvalue weighted by Gasteiger charge is 2.92. The van der Waals surface area contributed by atoms with Crippen LogP contribution in [0.1, 0.15) is 20.1 Å². The molecule has 0 aromatic carbocycles. The Bertz CT molecular complexity index is 1310. The van der Waals surface area contributed by atoms with Gasteiger partial charge in [-0.05, 0) is 0 Å². The van der Waals surface area contributed by atoms with Gasteiger partial charge in [0, 0.05) is 5.41 Å². The Hall–Kier alpha value is -1.52. The molecule has 222 valence electrons. The molecule has 1 aliphatic carbocycles. The summed E-state index contributed by atoms with van der Waals surface area (Å²) in [5.41, 5.74) is 0.821. The zero-order valence-corrected chi connectivity index (χ0v) is 22.8. The van der Waals surface area contributed by atoms with E-state index in [9.17, 15) is 33.7 Å². The van der Waals surface area contributed by atoms with E-state index in [2.05, 4.69) is 28.1 Å². The lowest BCUT2D eigenvalue weighted by atomic mass is 10.0. The lowest BCUT2D eigenvalue weighted by molar-refractivity contribution is -0.122. The molecule has 0 radical (unpaired) electrons. The summed E-state index contributed by atoms with van der Waals surface area (Å²) in [4.78, 5) is 48.0. The number of aliphatic hydroxyl groups is 2. The quantitative estimate of drug-likeness (QED) is 0.171. The van der Waals surface area contributed by atoms with Gasteiger partial charge >= 0.3 is 23.5 Å². The first kappa shape index (κ1) is 36.5. The predicted octanol–water partition coefficient (Wildman–Crippen LogP) is -0.201. The summed E-state index contributed by atoms with van der Waals surface area (Å²) in [7, 11) is -16.8. The minimum atomic E-state index is -5.73. The summed E-state index contributed by atoms with van der Waals surface area (Å²) in [6, 6.07) is 0. The van der Waals surface area contributed by atoms with E-state index in [0.717, 1.165) is 6.33 Å². The van der Waals surface area contributed by atoms with Gasteiger partial charge in [0.25, 0.3) is 0 Å². The van der Waals surface area contributed by atoms with Gasteiger partial charge in [0.05, 0.1) is 12.9 Å². The van der Waals surface area contributed by atoms with Gasteiger partial charge in [-0.2, -0.15) is 8.62 Å². The molecule has 0 spiro atoms. The predicted molar refractivity (Wildman–Crippen MR) is 127 cm³/mol. The first-order valence-electron chi connectivity index (χ1n) is 9.18. The maximum Gasteiger partial charge on any atom is 0.490 e. The fourth-order valence-corrected chi connectivity index (χ4v) is 7.35. The van der Waals surface area contributed by atoms with Crippen LogP contribution in [0.15, 0.2) is 12.7 Å². The van der Waals surface area contributed by atoms with Crippen LogP contribution in [-0.2, 0) is 31.6 Å². The number of hydrogen-bond acceptors (Lipinski definition) is 17. The number of ether oxygens (including phenoxy) is 1. The second-order valence-electron chi connectivity index (χ2n) is 8.10. The Labute approximate surface area is 214 Å². The molecule has 0 amide bonds. The fraction of sp³-hybridized carbons (Fsp3) is 0.615. The van der Waals surface area contributed by atoms with Crippen molar-refractivity contribution in [3.8, 4) is 0 Å². The number of aromatic nitrogens is 4. The molecule has 0 bridgehead atoms. The average Bonchev–Trinajstić information content (AvgIpc) is 3.01. The molecule has 38 heavy (non-hydrogen) atoms. The van der Waals surface area contributed by atoms with Gasteiger partial charge in [-0.25, -0.2) is 28.6 Å². The topological polar surface area (TPSA) is 419 Å². The first-order chi connectivity index (χ1) is 15.4. The Morgan fingerprint density at radius 1 is 0.974 bits per heavy atom. The molecule has 6 atom stereocenters. The van der Waals surface area contributed by atoms with Crippen LogP contribution in [0.3, 0.4) is 0 Å². The molecule has 1 saturated carbocycles. The number of phosphoric acid groups is 3. The highest BCUT2D eigenvalue weighted by Crippen LogP contribution is 2.76. The number of hydrogen-bond donors (Lipinski definition) is 11. The van der Waals surface area contributed by atoms with Crippen molar-refractivity contribution in [1.82, 2.24) is 44.1 Å². The second-order valence-corrected chi connectivity index (χ2v) is 12.5. The third-order valence-electron chi connectivity index (χ3n) is 5.99. The molecule has 2 fully saturated rings. The van der Waals surface area contributed by atoms with Crippen LogP contribution < -0.4 is 30.3 Å². The maximum absolute atomic E-state index is 12.1. The van der Waals surface area contributed by atoms with E-state index >= 15 is 0 Å². The van der Waals surface area contributed by atoms with Crippen LogP contribution in [-0.4, -0.2) is 73.2 Å². The van der Waals surface area contributed by atoms with Gasteiger partial charge in [-0.3, -0.25) is 9.09 Å². The third-order valence-corrected chi connectivity index (χ3v) is 9.79. The van der Waals surface area contributed by atoms with Gasteiger partial charge in [0.1, 0.15) is 29.2 Å². The number of fused-ring (bicyclic) bond motifs is 2. The van der Waals surface area contributed by atoms with Crippen molar-refractivity contribution in [1.29, 1.82) is 0 Å². The van der Waals surface area contributed by atoms with Crippen LogP contribution in [0.4, 0.5) is 5.82 Å². The van der Waals surface area contributed by atoms with Crippen LogP contribution in [0.25, 0.3) is 11.2 Å². The summed E-state index contributed by atoms with van der Waals surface area (Å²) < 4.78 is 53.1. The molecule has 2 aromatic heterocycles. The van der Waals surface area contributed by atoms with Crippen LogP contribution >= 0.6 is 23.5 Å². The van der Waals surface area contributed by atoms with Crippen molar-refractivity contribution in [2.75, 3.05) is 12.3 Å². The highest BCUT2D eigenvalue weighted by molar-refractivity contribution is 7.66. The van der Waals surface area contributed by atoms with E-state index in [-0.39, 0.29) is 41.6 Å². The Balaban J connectivity index is 0.00000342. The molecule has 25 heteroatoms. The number of nitrogens with zero attached hydrogens (tertiary/aromatic N) is 4. The first-order valence-corrected chi connectivity index (χ1v) is 13.7. The number of nitrogens with two attached hydrogens (primary N) is 1. The molecular formula is C13H32N9O13P3. The molecule has 2 aromatic rings. The van der Waals surface area contributed by atoms with Crippen LogP contribution in [0.2, 0.25) is 0 Å². The minimum absolute atomic E-state index is 0. The molecule has 22 nitrogen and oxygen atoms in total. The fourth-order valence-electron chi connectivity index (χ4n) is 4.33. The third kappa shape index (κ3) is 5.42. The summed E-state index contributed by atoms with van der Waals surface area (Å²) in [6.45, 7) is 2.01. The van der Waals surface area contributed by atoms with E-state index in [1.807, 2.05) is 0 Å². The Kier molecular flexibility index (Phi) is 10.4. The maximum atomic E-state index is 12.1. The molecule has 1 saturated heterocycles. The standard InChI is InChI=1S/C13H20N5O13P3.4H3N/c1-11(2)12(19)6(3-28-33(24,25)31-34(26,27)30-32(21,22)23)29-10(13(11,12)20)18-5-17-7-8(14)15-4-16-9(7)18;;;;/h4-6,10,19-20H,3H2,1-2H3,(H,24,25)(H,26,27)(H2,14,15,16)(H2,21,22,23);4*1H3/t6-,10-,12+,13-;;;;/m1..../s1. The van der Waals surface area contributed by atoms with Crippen molar-refractivity contribution in [2.45, 2.75) is 37.4 Å². The van der Waals surface area contributed by atoms with Crippen LogP contribution in [0.5, 0.6) is 0 Å². The Morgan fingerprint density at radius 3 is 2.11 bits per heavy atom. The van der Waals surface area contributed by atoms with E-state index in [4.69, 9.17) is 20.3 Å². The van der Waals surface area contributed by atoms with Crippen molar-refractivity contribution in [2.24, 2.45) is 5.41 Å². The second kappa shape index (κ2) is 10.8. The lowest BCUT2D eigenvalue weighted by Gasteiger charge is -2.28. The number of nitrogen functional groups attached to an aromatic ring is 1. The van der Waals surface area contributed by atoms with E-state index in [1.54, 1.807) is 0 Å². The zero-order chi connectivity index (χ0) is 25.5. The van der Waals surface area contributed by atoms with E-state index in [1.165, 1.54) is 24.7 Å². The highest BCUT2D eigenvalue weighted by atomic mass is 31.3. The van der Waals surface area contributed by atoms with E-state index in [0.29, 0.717) is 0 Å². The zero-order valence-electron chi connectivity index (χ0n) is 20.1. The molecule has 2 unspecified atom stereocenters. The molecular weight excluding hydrogens is 583 g/mol. The summed E-state index contributed by atoms with van der Waals surface area (Å²) in [5.74, 6) is 0.0447. The van der Waals surface area contributed by atoms with Gasteiger partial charge in [-0.15, -0.1) is 0 Å². The van der Waals surface area contributed by atoms with E-state index < -0.39 is 59.0 Å². The largest absolute Gasteiger partial charge is 0.490 e. The normalized spacial score (nSPS) is 30.3. The number of phosphoric ester groups is 1. The monoisotopic (exact) mass is 615 g/mol. The number of rotatable bonds is 8. The SMILES string of the molecule is CC1(C)[C@]2(O)[C@H](n3cnc4c(N)ncnc43)O[C@H](COP(=O)(O)OP(=O)(O)OP(=O)(O)O)[C@]12O.N.N.N.N. The smallest absolute Gasteiger partial charge is 0.383 e. The average molecular weight is 615 g/mol. The minimum Gasteiger partial charge on any atom is -0.383 e. The van der Waals surface area contributed by atoms with Crippen molar-refractivity contribution >= 4 is 40.4 Å². The van der Waals surface area contributed by atoms with Crippen LogP contribution in [0, 0.1) is 5.41 Å². The molecule has 4 rings (SSSR count). The van der Waals surface area contributed by atoms with Gasteiger partial charge in [0.15, 0.2) is 17.7 Å². The molecule has 1 aliphatic heterocycles. The summed E-state index contributed by atoms with van der Waals surface area (Å²) in [6.07, 6.45) is -0.454. The van der Waals surface area contributed by atoms with Gasteiger partial charge < -0.3 is 64.9 Å². The van der Waals surface area contributed by atoms with Crippen molar-refractivity contribution in [3.63, 3.8) is 0 Å². The number of imidazole rings is 1. The van der Waals surface area contributed by atoms with Gasteiger partial charge in [-0.1, -0.05) is 13.8 Å². The lowest BCUT2D eigenvalue weighted by Crippen LogP contribution is -2.37. The summed E-state index contributed by atoms with van der Waals surface area (Å²) in [5, 5.41) is 22.5. The van der Waals surface area contributed by atoms with Crippen molar-refractivity contribution in [3.05, 3.63) is 12.7 Å². The molecule has 3 heterocycles. The summed E-state index contributed by atoms with van der Waals surface area (Å²) >= 11 is 0. The molecule has 2 aliphatic rings. The molecule has 20 N–H and O–H groups in total. The van der Waals surface area contributed by atoms with Gasteiger partial charge in [0.2, 0.25) is 0 Å². The Morgan fingerprint density at radius 2 is 1.55 bits per heavy atom.